The Bertz CT molecular complexity index is 537. The lowest BCUT2D eigenvalue weighted by molar-refractivity contribution is 0.597. The number of hydrogen-bond donors (Lipinski definition) is 3. The number of nitrogens with two attached hydrogens (primary N) is 1. The van der Waals surface area contributed by atoms with E-state index in [-0.39, 0.29) is 4.90 Å². The van der Waals surface area contributed by atoms with Crippen molar-refractivity contribution in [2.75, 3.05) is 25.0 Å². The highest BCUT2D eigenvalue weighted by atomic mass is 32.2. The van der Waals surface area contributed by atoms with Crippen LogP contribution in [0.4, 0.5) is 5.82 Å². The maximum Gasteiger partial charge on any atom is 0.239 e. The maximum atomic E-state index is 11.1. The van der Waals surface area contributed by atoms with Gasteiger partial charge in [0.15, 0.2) is 0 Å². The lowest BCUT2D eigenvalue weighted by atomic mass is 10.1. The number of hydrogen-bond acceptors (Lipinski definition) is 5. The molecule has 4 N–H and O–H groups in total. The van der Waals surface area contributed by atoms with E-state index in [1.807, 2.05) is 0 Å². The van der Waals surface area contributed by atoms with E-state index in [0.717, 1.165) is 26.1 Å². The van der Waals surface area contributed by atoms with Gasteiger partial charge in [-0.15, -0.1) is 0 Å². The second kappa shape index (κ2) is 5.47. The molecule has 0 fully saturated rings. The van der Waals surface area contributed by atoms with E-state index in [4.69, 9.17) is 5.14 Å². The highest BCUT2D eigenvalue weighted by Gasteiger charge is 2.08. The molecule has 1 aromatic rings. The number of sulfonamides is 1. The number of nitrogens with one attached hydrogen (secondary N) is 2. The fourth-order valence-corrected chi connectivity index (χ4v) is 2.14. The van der Waals surface area contributed by atoms with Crippen LogP contribution in [0.15, 0.2) is 34.9 Å². The van der Waals surface area contributed by atoms with Crippen molar-refractivity contribution in [3.05, 3.63) is 30.0 Å². The molecule has 98 valence electrons. The SMILES string of the molecule is NS(=O)(=O)c1ccc(NCC2=CCNCC2)nc1. The van der Waals surface area contributed by atoms with Crippen LogP contribution < -0.4 is 15.8 Å². The molecule has 0 amide bonds. The molecule has 2 rings (SSSR count). The van der Waals surface area contributed by atoms with Gasteiger partial charge < -0.3 is 10.6 Å². The van der Waals surface area contributed by atoms with Crippen LogP contribution in [0, 0.1) is 0 Å². The first kappa shape index (κ1) is 13.0. The molecule has 0 aliphatic carbocycles. The van der Waals surface area contributed by atoms with Crippen LogP contribution in [-0.4, -0.2) is 33.0 Å². The van der Waals surface area contributed by atoms with E-state index in [0.29, 0.717) is 5.82 Å². The minimum atomic E-state index is -3.66. The standard InChI is InChI=1S/C11H16N4O2S/c12-18(16,17)10-1-2-11(15-8-10)14-7-9-3-5-13-6-4-9/h1-3,8,13H,4-7H2,(H,14,15)(H2,12,16,17). The third-order valence-corrected chi connectivity index (χ3v) is 3.62. The summed E-state index contributed by atoms with van der Waals surface area (Å²) in [5, 5.41) is 11.4. The molecule has 0 radical (unpaired) electrons. The molecular weight excluding hydrogens is 252 g/mol. The number of pyridine rings is 1. The summed E-state index contributed by atoms with van der Waals surface area (Å²) >= 11 is 0. The number of anilines is 1. The summed E-state index contributed by atoms with van der Waals surface area (Å²) in [6.45, 7) is 2.61. The first-order chi connectivity index (χ1) is 8.55. The summed E-state index contributed by atoms with van der Waals surface area (Å²) in [6, 6.07) is 3.06. The van der Waals surface area contributed by atoms with Crippen LogP contribution >= 0.6 is 0 Å². The van der Waals surface area contributed by atoms with Crippen LogP contribution in [0.25, 0.3) is 0 Å². The number of rotatable bonds is 4. The van der Waals surface area contributed by atoms with Crippen LogP contribution in [-0.2, 0) is 10.0 Å². The van der Waals surface area contributed by atoms with Gasteiger partial charge in [-0.25, -0.2) is 18.5 Å². The molecule has 0 spiro atoms. The fourth-order valence-electron chi connectivity index (χ4n) is 1.69. The zero-order valence-electron chi connectivity index (χ0n) is 9.89. The molecule has 0 bridgehead atoms. The van der Waals surface area contributed by atoms with E-state index >= 15 is 0 Å². The van der Waals surface area contributed by atoms with Crippen LogP contribution in [0.1, 0.15) is 6.42 Å². The maximum absolute atomic E-state index is 11.1. The van der Waals surface area contributed by atoms with Gasteiger partial charge in [-0.1, -0.05) is 11.6 Å². The molecule has 1 aromatic heterocycles. The Labute approximate surface area is 106 Å². The average molecular weight is 268 g/mol. The third-order valence-electron chi connectivity index (χ3n) is 2.72. The van der Waals surface area contributed by atoms with Crippen molar-refractivity contribution >= 4 is 15.8 Å². The van der Waals surface area contributed by atoms with E-state index in [1.165, 1.54) is 17.8 Å². The van der Waals surface area contributed by atoms with Crippen LogP contribution in [0.5, 0.6) is 0 Å². The van der Waals surface area contributed by atoms with Crippen LogP contribution in [0.2, 0.25) is 0 Å². The van der Waals surface area contributed by atoms with Crippen molar-refractivity contribution < 1.29 is 8.42 Å². The Morgan fingerprint density at radius 1 is 1.44 bits per heavy atom. The Kier molecular flexibility index (Phi) is 3.95. The molecule has 18 heavy (non-hydrogen) atoms. The first-order valence-electron chi connectivity index (χ1n) is 5.67. The predicted molar refractivity (Wildman–Crippen MR) is 69.7 cm³/mol. The summed E-state index contributed by atoms with van der Waals surface area (Å²) < 4.78 is 22.1. The van der Waals surface area contributed by atoms with Gasteiger partial charge in [-0.2, -0.15) is 0 Å². The van der Waals surface area contributed by atoms with E-state index in [1.54, 1.807) is 6.07 Å². The molecule has 0 saturated carbocycles. The summed E-state index contributed by atoms with van der Waals surface area (Å²) in [4.78, 5) is 4.04. The van der Waals surface area contributed by atoms with Crippen molar-refractivity contribution in [3.63, 3.8) is 0 Å². The van der Waals surface area contributed by atoms with Crippen molar-refractivity contribution in [2.24, 2.45) is 5.14 Å². The van der Waals surface area contributed by atoms with Gasteiger partial charge in [0, 0.05) is 19.3 Å². The Morgan fingerprint density at radius 2 is 2.28 bits per heavy atom. The molecule has 0 saturated heterocycles. The predicted octanol–water partition coefficient (Wildman–Crippen LogP) is 0.0606. The monoisotopic (exact) mass is 268 g/mol. The van der Waals surface area contributed by atoms with Crippen molar-refractivity contribution in [1.29, 1.82) is 0 Å². The third kappa shape index (κ3) is 3.52. The molecule has 6 nitrogen and oxygen atoms in total. The zero-order chi connectivity index (χ0) is 13.0. The molecule has 7 heteroatoms. The van der Waals surface area contributed by atoms with E-state index < -0.39 is 10.0 Å². The Balaban J connectivity index is 1.96. The summed E-state index contributed by atoms with van der Waals surface area (Å²) in [6.07, 6.45) is 4.42. The summed E-state index contributed by atoms with van der Waals surface area (Å²) in [5.74, 6) is 0.641. The van der Waals surface area contributed by atoms with Crippen molar-refractivity contribution in [2.45, 2.75) is 11.3 Å². The molecule has 0 atom stereocenters. The van der Waals surface area contributed by atoms with Gasteiger partial charge in [0.2, 0.25) is 10.0 Å². The number of aromatic nitrogens is 1. The first-order valence-corrected chi connectivity index (χ1v) is 7.22. The minimum absolute atomic E-state index is 0.0223. The zero-order valence-corrected chi connectivity index (χ0v) is 10.7. The lowest BCUT2D eigenvalue weighted by Crippen LogP contribution is -2.23. The molecule has 0 unspecified atom stereocenters. The molecular formula is C11H16N4O2S. The number of nitrogens with zero attached hydrogens (tertiary/aromatic N) is 1. The second-order valence-corrected chi connectivity index (χ2v) is 5.66. The molecule has 0 aromatic carbocycles. The van der Waals surface area contributed by atoms with E-state index in [2.05, 4.69) is 21.7 Å². The smallest absolute Gasteiger partial charge is 0.239 e. The van der Waals surface area contributed by atoms with Gasteiger partial charge in [-0.05, 0) is 25.1 Å². The van der Waals surface area contributed by atoms with Gasteiger partial charge in [0.25, 0.3) is 0 Å². The molecule has 2 heterocycles. The topological polar surface area (TPSA) is 97.1 Å². The van der Waals surface area contributed by atoms with Crippen molar-refractivity contribution in [3.8, 4) is 0 Å². The molecule has 1 aliphatic rings. The summed E-state index contributed by atoms with van der Waals surface area (Å²) in [7, 11) is -3.66. The quantitative estimate of drug-likeness (QED) is 0.671. The van der Waals surface area contributed by atoms with E-state index in [9.17, 15) is 8.42 Å². The Morgan fingerprint density at radius 3 is 2.83 bits per heavy atom. The highest BCUT2D eigenvalue weighted by molar-refractivity contribution is 7.89. The fraction of sp³-hybridized carbons (Fsp3) is 0.364. The highest BCUT2D eigenvalue weighted by Crippen LogP contribution is 2.10. The van der Waals surface area contributed by atoms with Gasteiger partial charge in [-0.3, -0.25) is 0 Å². The minimum Gasteiger partial charge on any atom is -0.366 e. The number of primary sulfonamides is 1. The largest absolute Gasteiger partial charge is 0.366 e. The van der Waals surface area contributed by atoms with Crippen LogP contribution in [0.3, 0.4) is 0 Å². The average Bonchev–Trinajstić information content (AvgIpc) is 2.37. The molecule has 1 aliphatic heterocycles. The normalized spacial score (nSPS) is 16.2. The lowest BCUT2D eigenvalue weighted by Gasteiger charge is -2.14. The Hall–Kier alpha value is -1.44. The van der Waals surface area contributed by atoms with Gasteiger partial charge in [0.1, 0.15) is 10.7 Å². The summed E-state index contributed by atoms with van der Waals surface area (Å²) in [5.41, 5.74) is 1.33. The van der Waals surface area contributed by atoms with Gasteiger partial charge in [0.05, 0.1) is 0 Å². The second-order valence-electron chi connectivity index (χ2n) is 4.09. The van der Waals surface area contributed by atoms with Crippen molar-refractivity contribution in [1.82, 2.24) is 10.3 Å². The van der Waals surface area contributed by atoms with Gasteiger partial charge >= 0.3 is 0 Å².